The van der Waals surface area contributed by atoms with Crippen molar-refractivity contribution >= 4 is 29.5 Å². The van der Waals surface area contributed by atoms with Gasteiger partial charge in [0.1, 0.15) is 0 Å². The number of ether oxygens (including phenoxy) is 1. The first-order valence-corrected chi connectivity index (χ1v) is 4.99. The van der Waals surface area contributed by atoms with E-state index in [4.69, 9.17) is 16.3 Å². The van der Waals surface area contributed by atoms with Crippen LogP contribution in [0.5, 0.6) is 0 Å². The second kappa shape index (κ2) is 5.40. The maximum atomic E-state index is 11.5. The number of halogens is 1. The fraction of sp³-hybridized carbons (Fsp3) is 0.200. The zero-order valence-corrected chi connectivity index (χ0v) is 9.56. The lowest BCUT2D eigenvalue weighted by molar-refractivity contribution is -0.384. The zero-order chi connectivity index (χ0) is 13.0. The second-order valence-corrected chi connectivity index (χ2v) is 3.39. The number of non-ortho nitro benzene ring substituents is 1. The molecule has 6 nitrogen and oxygen atoms in total. The van der Waals surface area contributed by atoms with Crippen molar-refractivity contribution in [1.29, 1.82) is 0 Å². The monoisotopic (exact) mass is 257 g/mol. The Morgan fingerprint density at radius 2 is 2.24 bits per heavy atom. The molecule has 0 saturated heterocycles. The zero-order valence-electron chi connectivity index (χ0n) is 8.81. The molecule has 1 aromatic carbocycles. The standard InChI is InChI=1S/C10H8ClNO5/c1-2-17-10(14)9-6(5-13)3-7(12(15)16)4-8(9)11/h3-5H,2H2,1H3. The number of carbonyl (C=O) groups excluding carboxylic acids is 2. The van der Waals surface area contributed by atoms with Gasteiger partial charge >= 0.3 is 5.97 Å². The van der Waals surface area contributed by atoms with Crippen molar-refractivity contribution in [3.05, 3.63) is 38.4 Å². The lowest BCUT2D eigenvalue weighted by Crippen LogP contribution is -2.09. The van der Waals surface area contributed by atoms with Gasteiger partial charge in [-0.2, -0.15) is 0 Å². The van der Waals surface area contributed by atoms with E-state index in [9.17, 15) is 19.7 Å². The minimum Gasteiger partial charge on any atom is -0.462 e. The number of nitro groups is 1. The van der Waals surface area contributed by atoms with E-state index in [0.29, 0.717) is 6.29 Å². The average molecular weight is 258 g/mol. The van der Waals surface area contributed by atoms with Crippen molar-refractivity contribution in [2.24, 2.45) is 0 Å². The van der Waals surface area contributed by atoms with Crippen LogP contribution in [0.2, 0.25) is 5.02 Å². The maximum absolute atomic E-state index is 11.5. The highest BCUT2D eigenvalue weighted by Gasteiger charge is 2.21. The molecule has 0 bridgehead atoms. The van der Waals surface area contributed by atoms with Crippen molar-refractivity contribution < 1.29 is 19.2 Å². The number of rotatable bonds is 4. The van der Waals surface area contributed by atoms with E-state index in [2.05, 4.69) is 0 Å². The van der Waals surface area contributed by atoms with Crippen LogP contribution < -0.4 is 0 Å². The number of nitrogens with zero attached hydrogens (tertiary/aromatic N) is 1. The van der Waals surface area contributed by atoms with E-state index < -0.39 is 10.9 Å². The average Bonchev–Trinajstić information content (AvgIpc) is 2.27. The summed E-state index contributed by atoms with van der Waals surface area (Å²) in [5.74, 6) is -0.783. The van der Waals surface area contributed by atoms with Crippen molar-refractivity contribution in [3.8, 4) is 0 Å². The quantitative estimate of drug-likeness (QED) is 0.357. The molecule has 0 spiro atoms. The Labute approximate surface area is 101 Å². The molecule has 0 radical (unpaired) electrons. The van der Waals surface area contributed by atoms with Crippen LogP contribution in [0, 0.1) is 10.1 Å². The van der Waals surface area contributed by atoms with Gasteiger partial charge in [-0.05, 0) is 6.92 Å². The molecule has 0 heterocycles. The molecular weight excluding hydrogens is 250 g/mol. The lowest BCUT2D eigenvalue weighted by Gasteiger charge is -2.06. The number of carbonyl (C=O) groups is 2. The Balaban J connectivity index is 3.35. The molecule has 0 N–H and O–H groups in total. The van der Waals surface area contributed by atoms with Crippen LogP contribution in [0.1, 0.15) is 27.6 Å². The fourth-order valence-electron chi connectivity index (χ4n) is 1.23. The molecule has 17 heavy (non-hydrogen) atoms. The topological polar surface area (TPSA) is 86.5 Å². The number of hydrogen-bond acceptors (Lipinski definition) is 5. The number of aldehydes is 1. The van der Waals surface area contributed by atoms with Gasteiger partial charge in [-0.25, -0.2) is 4.79 Å². The van der Waals surface area contributed by atoms with Gasteiger partial charge in [0.25, 0.3) is 5.69 Å². The van der Waals surface area contributed by atoms with Gasteiger partial charge in [0, 0.05) is 17.7 Å². The van der Waals surface area contributed by atoms with E-state index in [0.717, 1.165) is 12.1 Å². The predicted octanol–water partition coefficient (Wildman–Crippen LogP) is 2.24. The molecule has 0 unspecified atom stereocenters. The summed E-state index contributed by atoms with van der Waals surface area (Å²) < 4.78 is 4.70. The smallest absolute Gasteiger partial charge is 0.340 e. The summed E-state index contributed by atoms with van der Waals surface area (Å²) in [5, 5.41) is 10.4. The summed E-state index contributed by atoms with van der Waals surface area (Å²) in [6.45, 7) is 1.71. The van der Waals surface area contributed by atoms with Crippen LogP contribution in [0.3, 0.4) is 0 Å². The first kappa shape index (κ1) is 13.1. The van der Waals surface area contributed by atoms with Gasteiger partial charge in [-0.1, -0.05) is 11.6 Å². The van der Waals surface area contributed by atoms with Crippen molar-refractivity contribution in [2.45, 2.75) is 6.92 Å². The van der Waals surface area contributed by atoms with E-state index in [1.54, 1.807) is 6.92 Å². The van der Waals surface area contributed by atoms with Gasteiger partial charge < -0.3 is 4.74 Å². The predicted molar refractivity (Wildman–Crippen MR) is 59.5 cm³/mol. The molecule has 0 aliphatic heterocycles. The van der Waals surface area contributed by atoms with E-state index in [1.165, 1.54) is 0 Å². The second-order valence-electron chi connectivity index (χ2n) is 2.99. The van der Waals surface area contributed by atoms with E-state index in [1.807, 2.05) is 0 Å². The molecule has 0 atom stereocenters. The van der Waals surface area contributed by atoms with Crippen LogP contribution in [-0.4, -0.2) is 23.8 Å². The lowest BCUT2D eigenvalue weighted by atomic mass is 10.1. The molecule has 1 aromatic rings. The molecule has 0 aliphatic carbocycles. The Bertz CT molecular complexity index is 486. The minimum absolute atomic E-state index is 0.116. The van der Waals surface area contributed by atoms with Gasteiger partial charge in [0.05, 0.1) is 22.1 Å². The number of hydrogen-bond donors (Lipinski definition) is 0. The Hall–Kier alpha value is -1.95. The van der Waals surface area contributed by atoms with Crippen molar-refractivity contribution in [1.82, 2.24) is 0 Å². The molecule has 0 fully saturated rings. The van der Waals surface area contributed by atoms with E-state index in [-0.39, 0.29) is 28.4 Å². The third-order valence-electron chi connectivity index (χ3n) is 1.92. The highest BCUT2D eigenvalue weighted by atomic mass is 35.5. The van der Waals surface area contributed by atoms with Crippen LogP contribution in [0.15, 0.2) is 12.1 Å². The SMILES string of the molecule is CCOC(=O)c1c(Cl)cc([N+](=O)[O-])cc1C=O. The van der Waals surface area contributed by atoms with Crippen molar-refractivity contribution in [2.75, 3.05) is 6.61 Å². The van der Waals surface area contributed by atoms with Gasteiger partial charge in [-0.15, -0.1) is 0 Å². The van der Waals surface area contributed by atoms with Crippen LogP contribution in [0.4, 0.5) is 5.69 Å². The van der Waals surface area contributed by atoms with Crippen LogP contribution >= 0.6 is 11.6 Å². The summed E-state index contributed by atoms with van der Waals surface area (Å²) in [6, 6.07) is 1.98. The molecular formula is C10H8ClNO5. The normalized spacial score (nSPS) is 9.76. The summed E-state index contributed by atoms with van der Waals surface area (Å²) in [5.41, 5.74) is -0.679. The minimum atomic E-state index is -0.783. The fourth-order valence-corrected chi connectivity index (χ4v) is 1.53. The Morgan fingerprint density at radius 1 is 1.59 bits per heavy atom. The number of esters is 1. The highest BCUT2D eigenvalue weighted by molar-refractivity contribution is 6.34. The summed E-state index contributed by atoms with van der Waals surface area (Å²) in [6.07, 6.45) is 0.325. The maximum Gasteiger partial charge on any atom is 0.340 e. The number of benzene rings is 1. The molecule has 7 heteroatoms. The molecule has 0 aliphatic rings. The molecule has 1 rings (SSSR count). The van der Waals surface area contributed by atoms with Crippen molar-refractivity contribution in [3.63, 3.8) is 0 Å². The molecule has 0 amide bonds. The Kier molecular flexibility index (Phi) is 4.17. The molecule has 90 valence electrons. The van der Waals surface area contributed by atoms with Gasteiger partial charge in [0.15, 0.2) is 6.29 Å². The van der Waals surface area contributed by atoms with Gasteiger partial charge in [-0.3, -0.25) is 14.9 Å². The Morgan fingerprint density at radius 3 is 2.71 bits per heavy atom. The molecule has 0 saturated carbocycles. The third-order valence-corrected chi connectivity index (χ3v) is 2.22. The van der Waals surface area contributed by atoms with E-state index >= 15 is 0 Å². The van der Waals surface area contributed by atoms with Crippen LogP contribution in [-0.2, 0) is 4.74 Å². The first-order valence-electron chi connectivity index (χ1n) is 4.61. The third kappa shape index (κ3) is 2.79. The summed E-state index contributed by atoms with van der Waals surface area (Å²) in [4.78, 5) is 32.1. The summed E-state index contributed by atoms with van der Waals surface area (Å²) >= 11 is 5.72. The first-order chi connectivity index (χ1) is 8.01. The highest BCUT2D eigenvalue weighted by Crippen LogP contribution is 2.26. The summed E-state index contributed by atoms with van der Waals surface area (Å²) in [7, 11) is 0. The largest absolute Gasteiger partial charge is 0.462 e. The number of nitro benzene ring substituents is 1. The van der Waals surface area contributed by atoms with Crippen LogP contribution in [0.25, 0.3) is 0 Å². The van der Waals surface area contributed by atoms with Gasteiger partial charge in [0.2, 0.25) is 0 Å². The molecule has 0 aromatic heterocycles.